The van der Waals surface area contributed by atoms with Gasteiger partial charge >= 0.3 is 0 Å². The minimum atomic E-state index is -0.293. The second-order valence-corrected chi connectivity index (χ2v) is 15.4. The van der Waals surface area contributed by atoms with Crippen molar-refractivity contribution in [2.45, 2.75) is 32.6 Å². The van der Waals surface area contributed by atoms with Crippen LogP contribution >= 0.6 is 15.5 Å². The summed E-state index contributed by atoms with van der Waals surface area (Å²) in [6.45, 7) is 6.29. The Balaban J connectivity index is 1.30. The van der Waals surface area contributed by atoms with E-state index in [-0.39, 0.29) is 15.5 Å². The third-order valence-corrected chi connectivity index (χ3v) is 13.5. The van der Waals surface area contributed by atoms with Gasteiger partial charge in [0.1, 0.15) is 19.0 Å². The number of allylic oxidation sites excluding steroid dienone is 4. The zero-order valence-corrected chi connectivity index (χ0v) is 23.2. The van der Waals surface area contributed by atoms with E-state index in [0.717, 1.165) is 19.6 Å². The van der Waals surface area contributed by atoms with E-state index < -0.39 is 0 Å². The van der Waals surface area contributed by atoms with Gasteiger partial charge in [-0.25, -0.2) is 0 Å². The van der Waals surface area contributed by atoms with Gasteiger partial charge in [-0.05, 0) is 55.6 Å². The Morgan fingerprint density at radius 1 is 0.861 bits per heavy atom. The molecule has 182 valence electrons. The summed E-state index contributed by atoms with van der Waals surface area (Å²) in [4.78, 5) is 0. The lowest BCUT2D eigenvalue weighted by Gasteiger charge is -2.42. The highest BCUT2D eigenvalue weighted by molar-refractivity contribution is 7.69. The minimum Gasteiger partial charge on any atom is -0.380 e. The van der Waals surface area contributed by atoms with Gasteiger partial charge in [0.25, 0.3) is 0 Å². The number of benzene rings is 3. The van der Waals surface area contributed by atoms with E-state index in [1.165, 1.54) is 58.0 Å². The highest BCUT2D eigenvalue weighted by Crippen LogP contribution is 2.54. The summed E-state index contributed by atoms with van der Waals surface area (Å²) in [7, 11) is -0.488. The van der Waals surface area contributed by atoms with E-state index in [1.807, 2.05) is 0 Å². The first-order chi connectivity index (χ1) is 17.6. The van der Waals surface area contributed by atoms with Crippen LogP contribution in [0.2, 0.25) is 0 Å². The van der Waals surface area contributed by atoms with E-state index >= 15 is 0 Å². The lowest BCUT2D eigenvalue weighted by atomic mass is 9.91. The van der Waals surface area contributed by atoms with Crippen LogP contribution in [0.5, 0.6) is 0 Å². The monoisotopic (exact) mass is 509 g/mol. The second kappa shape index (κ2) is 10.2. The third-order valence-electron chi connectivity index (χ3n) is 7.68. The van der Waals surface area contributed by atoms with Gasteiger partial charge in [-0.1, -0.05) is 97.9 Å². The van der Waals surface area contributed by atoms with Gasteiger partial charge < -0.3 is 4.74 Å². The maximum absolute atomic E-state index is 5.99. The molecule has 2 heterocycles. The number of hydrogen-bond donors (Lipinski definition) is 0. The van der Waals surface area contributed by atoms with Crippen molar-refractivity contribution in [3.63, 3.8) is 0 Å². The fraction of sp³-hybridized carbons (Fsp3) is 0.303. The molecule has 3 aliphatic rings. The lowest BCUT2D eigenvalue weighted by molar-refractivity contribution is -0.0840. The second-order valence-electron chi connectivity index (χ2n) is 10.9. The molecule has 0 spiro atoms. The molecule has 0 N–H and O–H groups in total. The molecular weight excluding hydrogens is 474 g/mol. The highest BCUT2D eigenvalue weighted by Gasteiger charge is 2.48. The Morgan fingerprint density at radius 3 is 2.19 bits per heavy atom. The van der Waals surface area contributed by atoms with Crippen molar-refractivity contribution >= 4 is 31.6 Å². The Labute approximate surface area is 218 Å². The smallest absolute Gasteiger partial charge is 0.156 e. The molecule has 6 rings (SSSR count). The van der Waals surface area contributed by atoms with Crippen molar-refractivity contribution < 1.29 is 4.74 Å². The molecule has 1 aliphatic carbocycles. The van der Waals surface area contributed by atoms with Crippen LogP contribution in [-0.4, -0.2) is 30.8 Å². The molecule has 2 aliphatic heterocycles. The first kappa shape index (κ1) is 24.1. The highest BCUT2D eigenvalue weighted by atomic mass is 31.1. The molecule has 0 radical (unpaired) electrons. The van der Waals surface area contributed by atoms with Crippen LogP contribution in [0.15, 0.2) is 91.0 Å². The molecule has 1 atom stereocenters. The van der Waals surface area contributed by atoms with Crippen molar-refractivity contribution in [3.05, 3.63) is 119 Å². The van der Waals surface area contributed by atoms with E-state index in [1.54, 1.807) is 10.6 Å². The first-order valence-electron chi connectivity index (χ1n) is 13.1. The van der Waals surface area contributed by atoms with E-state index in [0.29, 0.717) is 5.41 Å². The Kier molecular flexibility index (Phi) is 6.83. The minimum absolute atomic E-state index is 0.195. The molecule has 1 unspecified atom stereocenters. The van der Waals surface area contributed by atoms with Gasteiger partial charge in [0, 0.05) is 17.6 Å². The zero-order chi connectivity index (χ0) is 24.5. The number of aryl methyl sites for hydroxylation is 2. The molecule has 1 nitrogen and oxygen atoms in total. The van der Waals surface area contributed by atoms with Gasteiger partial charge in [0.05, 0.1) is 18.6 Å². The standard InChI is InChI=1S/C33H35OP2/c1-25-9-7-11-27(17-25)19-35(20-28-12-8-10-26(2)18-28)23-33(21-34-22-33)24-36-31-15-5-3-13-29(31)30-14-4-6-16-32(30)36/h3-15,17-18H,16,19-24H2,1-2H3/q+1. The summed E-state index contributed by atoms with van der Waals surface area (Å²) in [5.41, 5.74) is 9.04. The Morgan fingerprint density at radius 2 is 1.56 bits per heavy atom. The topological polar surface area (TPSA) is 9.23 Å². The van der Waals surface area contributed by atoms with Crippen LogP contribution in [0.3, 0.4) is 0 Å². The summed E-state index contributed by atoms with van der Waals surface area (Å²) in [6.07, 6.45) is 13.0. The van der Waals surface area contributed by atoms with Crippen LogP contribution < -0.4 is 5.30 Å². The van der Waals surface area contributed by atoms with E-state index in [4.69, 9.17) is 4.74 Å². The van der Waals surface area contributed by atoms with Gasteiger partial charge in [-0.15, -0.1) is 0 Å². The number of fused-ring (bicyclic) bond motifs is 3. The molecule has 3 aromatic carbocycles. The normalized spacial score (nSPS) is 18.6. The summed E-state index contributed by atoms with van der Waals surface area (Å²) < 4.78 is 5.99. The maximum Gasteiger partial charge on any atom is 0.156 e. The molecule has 0 bridgehead atoms. The average Bonchev–Trinajstić information content (AvgIpc) is 3.16. The predicted molar refractivity (Wildman–Crippen MR) is 159 cm³/mol. The van der Waals surface area contributed by atoms with Crippen molar-refractivity contribution in [1.29, 1.82) is 0 Å². The summed E-state index contributed by atoms with van der Waals surface area (Å²) in [5.74, 6) is 0. The first-order valence-corrected chi connectivity index (χ1v) is 16.5. The van der Waals surface area contributed by atoms with Crippen molar-refractivity contribution in [3.8, 4) is 0 Å². The van der Waals surface area contributed by atoms with Crippen LogP contribution in [0.25, 0.3) is 5.57 Å². The van der Waals surface area contributed by atoms with E-state index in [9.17, 15) is 0 Å². The largest absolute Gasteiger partial charge is 0.380 e. The molecule has 0 amide bonds. The molecule has 3 aromatic rings. The Hall–Kier alpha value is -2.30. The van der Waals surface area contributed by atoms with Gasteiger partial charge in [0.15, 0.2) is 5.30 Å². The van der Waals surface area contributed by atoms with Crippen molar-refractivity contribution in [2.24, 2.45) is 5.41 Å². The number of ether oxygens (including phenoxy) is 1. The summed E-state index contributed by atoms with van der Waals surface area (Å²) >= 11 is 0. The van der Waals surface area contributed by atoms with Gasteiger partial charge in [0.2, 0.25) is 0 Å². The molecule has 1 fully saturated rings. The summed E-state index contributed by atoms with van der Waals surface area (Å²) in [6, 6.07) is 27.6. The molecule has 0 aromatic heterocycles. The van der Waals surface area contributed by atoms with Crippen LogP contribution in [0.1, 0.15) is 34.2 Å². The van der Waals surface area contributed by atoms with Gasteiger partial charge in [-0.3, -0.25) is 0 Å². The van der Waals surface area contributed by atoms with Gasteiger partial charge in [-0.2, -0.15) is 0 Å². The number of hydrogen-bond acceptors (Lipinski definition) is 1. The molecule has 36 heavy (non-hydrogen) atoms. The van der Waals surface area contributed by atoms with Crippen molar-refractivity contribution in [2.75, 3.05) is 25.5 Å². The average molecular weight is 510 g/mol. The lowest BCUT2D eigenvalue weighted by Crippen LogP contribution is -2.47. The Bertz CT molecular complexity index is 1330. The SMILES string of the molecule is Cc1cccc(CP(Cc2cccc(C)c2)CC2(C[P+]3=C4CC=CC=C4c4ccccc43)COC2)c1. The molecule has 3 heteroatoms. The van der Waals surface area contributed by atoms with Crippen LogP contribution in [0, 0.1) is 19.3 Å². The third kappa shape index (κ3) is 4.95. The number of rotatable bonds is 8. The molecular formula is C33H35OP2+. The van der Waals surface area contributed by atoms with Crippen LogP contribution in [0.4, 0.5) is 0 Å². The molecule has 1 saturated heterocycles. The van der Waals surface area contributed by atoms with Crippen LogP contribution in [-0.2, 0) is 17.1 Å². The molecule has 0 saturated carbocycles. The van der Waals surface area contributed by atoms with E-state index in [2.05, 4.69) is 105 Å². The predicted octanol–water partition coefficient (Wildman–Crippen LogP) is 7.84. The fourth-order valence-electron chi connectivity index (χ4n) is 6.05. The fourth-order valence-corrected chi connectivity index (χ4v) is 12.4. The van der Waals surface area contributed by atoms with Crippen molar-refractivity contribution in [1.82, 2.24) is 0 Å². The summed E-state index contributed by atoms with van der Waals surface area (Å²) in [5, 5.41) is 3.30. The zero-order valence-electron chi connectivity index (χ0n) is 21.4. The quantitative estimate of drug-likeness (QED) is 0.281. The maximum atomic E-state index is 5.99.